The average molecular weight is 436 g/mol. The molecule has 2 amide bonds. The van der Waals surface area contributed by atoms with Crippen LogP contribution < -0.4 is 15.3 Å². The number of aromatic nitrogens is 4. The molecule has 14 heteroatoms. The van der Waals surface area contributed by atoms with Crippen molar-refractivity contribution in [2.75, 3.05) is 49.1 Å². The fraction of sp³-hybridized carbons (Fsp3) is 0.471. The van der Waals surface area contributed by atoms with Gasteiger partial charge in [-0.3, -0.25) is 14.5 Å². The molecule has 31 heavy (non-hydrogen) atoms. The van der Waals surface area contributed by atoms with Gasteiger partial charge in [0, 0.05) is 13.1 Å². The number of cyclic esters (lactones) is 1. The van der Waals surface area contributed by atoms with Gasteiger partial charge < -0.3 is 14.8 Å². The second kappa shape index (κ2) is 9.20. The zero-order valence-electron chi connectivity index (χ0n) is 16.4. The van der Waals surface area contributed by atoms with Crippen LogP contribution in [-0.4, -0.2) is 87.9 Å². The molecule has 2 aliphatic heterocycles. The predicted molar refractivity (Wildman–Crippen MR) is 101 cm³/mol. The fourth-order valence-corrected chi connectivity index (χ4v) is 3.41. The Morgan fingerprint density at radius 3 is 2.94 bits per heavy atom. The lowest BCUT2D eigenvalue weighted by molar-refractivity contribution is -0.183. The summed E-state index contributed by atoms with van der Waals surface area (Å²) in [5.74, 6) is -0.851. The van der Waals surface area contributed by atoms with E-state index in [-0.39, 0.29) is 38.7 Å². The molecule has 166 valence electrons. The zero-order valence-corrected chi connectivity index (χ0v) is 16.4. The van der Waals surface area contributed by atoms with Gasteiger partial charge in [-0.15, -0.1) is 10.2 Å². The van der Waals surface area contributed by atoms with Crippen molar-refractivity contribution in [2.45, 2.75) is 12.6 Å². The van der Waals surface area contributed by atoms with E-state index < -0.39 is 18.0 Å². The van der Waals surface area contributed by atoms with E-state index in [0.717, 1.165) is 4.80 Å². The molecule has 4 rings (SSSR count). The normalized spacial score (nSPS) is 19.5. The number of tetrazole rings is 1. The van der Waals surface area contributed by atoms with Crippen LogP contribution in [0.2, 0.25) is 0 Å². The summed E-state index contributed by atoms with van der Waals surface area (Å²) in [4.78, 5) is 34.1. The van der Waals surface area contributed by atoms with Crippen LogP contribution in [0.4, 0.5) is 20.6 Å². The van der Waals surface area contributed by atoms with Gasteiger partial charge in [0.1, 0.15) is 18.5 Å². The number of rotatable bonds is 6. The van der Waals surface area contributed by atoms with Crippen molar-refractivity contribution < 1.29 is 28.8 Å². The van der Waals surface area contributed by atoms with Crippen molar-refractivity contribution >= 4 is 23.4 Å². The van der Waals surface area contributed by atoms with Gasteiger partial charge in [-0.25, -0.2) is 19.7 Å². The summed E-state index contributed by atoms with van der Waals surface area (Å²) in [6.45, 7) is 1.30. The maximum Gasteiger partial charge on any atom is 0.414 e. The smallest absolute Gasteiger partial charge is 0.414 e. The molecule has 1 atom stereocenters. The summed E-state index contributed by atoms with van der Waals surface area (Å²) in [6.07, 6.45) is 0.0989. The van der Waals surface area contributed by atoms with Gasteiger partial charge >= 0.3 is 6.09 Å². The molecule has 0 spiro atoms. The maximum absolute atomic E-state index is 14.9. The number of carbonyl (C=O) groups excluding carboxylic acids is 2. The highest BCUT2D eigenvalue weighted by molar-refractivity contribution is 5.90. The second-order valence-electron chi connectivity index (χ2n) is 6.90. The summed E-state index contributed by atoms with van der Waals surface area (Å²) < 4.78 is 20.0. The van der Waals surface area contributed by atoms with E-state index in [1.165, 1.54) is 22.4 Å². The highest BCUT2D eigenvalue weighted by atomic mass is 19.1. The zero-order chi connectivity index (χ0) is 21.8. The van der Waals surface area contributed by atoms with Gasteiger partial charge in [0.05, 0.1) is 37.6 Å². The average Bonchev–Trinajstić information content (AvgIpc) is 3.31. The number of hydroxylamine groups is 3. The monoisotopic (exact) mass is 436 g/mol. The van der Waals surface area contributed by atoms with Crippen LogP contribution in [0.15, 0.2) is 24.5 Å². The van der Waals surface area contributed by atoms with Crippen molar-refractivity contribution in [3.8, 4) is 0 Å². The summed E-state index contributed by atoms with van der Waals surface area (Å²) in [7, 11) is 0. The third-order valence-electron chi connectivity index (χ3n) is 4.90. The van der Waals surface area contributed by atoms with Gasteiger partial charge in [0.25, 0.3) is 5.91 Å². The molecule has 2 aromatic rings. The third kappa shape index (κ3) is 4.70. The topological polar surface area (TPSA) is 138 Å². The van der Waals surface area contributed by atoms with Gasteiger partial charge in [-0.1, -0.05) is 0 Å². The molecule has 0 bridgehead atoms. The summed E-state index contributed by atoms with van der Waals surface area (Å²) >= 11 is 0. The van der Waals surface area contributed by atoms with E-state index in [4.69, 9.17) is 14.8 Å². The van der Waals surface area contributed by atoms with Crippen LogP contribution in [-0.2, 0) is 20.9 Å². The maximum atomic E-state index is 14.9. The van der Waals surface area contributed by atoms with Gasteiger partial charge in [-0.2, -0.15) is 4.80 Å². The van der Waals surface area contributed by atoms with Gasteiger partial charge in [0.2, 0.25) is 0 Å². The first-order chi connectivity index (χ1) is 15.0. The minimum absolute atomic E-state index is 0.0821. The number of carbonyl (C=O) groups is 2. The molecule has 13 nitrogen and oxygen atoms in total. The molecular formula is C17H21FN8O5. The van der Waals surface area contributed by atoms with Crippen LogP contribution in [0, 0.1) is 5.82 Å². The Bertz CT molecular complexity index is 929. The number of benzene rings is 1. The Hall–Kier alpha value is -3.36. The van der Waals surface area contributed by atoms with Crippen LogP contribution >= 0.6 is 0 Å². The third-order valence-corrected chi connectivity index (χ3v) is 4.90. The first-order valence-electron chi connectivity index (χ1n) is 9.59. The van der Waals surface area contributed by atoms with Crippen LogP contribution in [0.3, 0.4) is 0 Å². The Kier molecular flexibility index (Phi) is 6.20. The molecule has 0 unspecified atom stereocenters. The predicted octanol–water partition coefficient (Wildman–Crippen LogP) is -0.603. The molecule has 1 aromatic heterocycles. The molecule has 2 aliphatic rings. The standard InChI is InChI=1S/C17H21FN8O5/c18-14-7-12(24-9-13(8-21-29)31-17(24)28)1-2-15(14)23-3-4-25(30-6-5-23)16(27)10-26-20-11-19-22-26/h1-2,7,11,13,21,29H,3-6,8-10H2/t13-/m0/s1. The lowest BCUT2D eigenvalue weighted by Crippen LogP contribution is -2.37. The summed E-state index contributed by atoms with van der Waals surface area (Å²) in [5.41, 5.74) is 2.65. The molecule has 2 saturated heterocycles. The summed E-state index contributed by atoms with van der Waals surface area (Å²) in [6, 6.07) is 4.46. The number of halogens is 1. The Balaban J connectivity index is 1.39. The molecule has 1 aromatic carbocycles. The second-order valence-corrected chi connectivity index (χ2v) is 6.90. The van der Waals surface area contributed by atoms with Crippen LogP contribution in [0.25, 0.3) is 0 Å². The molecule has 2 fully saturated rings. The van der Waals surface area contributed by atoms with Crippen LogP contribution in [0.1, 0.15) is 0 Å². The lowest BCUT2D eigenvalue weighted by atomic mass is 10.2. The molecule has 2 N–H and O–H groups in total. The van der Waals surface area contributed by atoms with E-state index in [1.807, 2.05) is 5.48 Å². The number of nitrogens with zero attached hydrogens (tertiary/aromatic N) is 7. The quantitative estimate of drug-likeness (QED) is 0.564. The lowest BCUT2D eigenvalue weighted by Gasteiger charge is -2.23. The van der Waals surface area contributed by atoms with E-state index in [0.29, 0.717) is 24.5 Å². The first kappa shape index (κ1) is 20.9. The van der Waals surface area contributed by atoms with Gasteiger partial charge in [0.15, 0.2) is 6.33 Å². The molecule has 0 radical (unpaired) electrons. The molecule has 0 saturated carbocycles. The number of hydrogen-bond donors (Lipinski definition) is 2. The number of amides is 2. The molecular weight excluding hydrogens is 415 g/mol. The number of nitrogens with one attached hydrogen (secondary N) is 1. The summed E-state index contributed by atoms with van der Waals surface area (Å²) in [5, 5.41) is 21.0. The van der Waals surface area contributed by atoms with Crippen molar-refractivity contribution in [2.24, 2.45) is 0 Å². The number of ether oxygens (including phenoxy) is 1. The van der Waals surface area contributed by atoms with E-state index in [2.05, 4.69) is 15.4 Å². The highest BCUT2D eigenvalue weighted by Crippen LogP contribution is 2.28. The van der Waals surface area contributed by atoms with E-state index in [1.54, 1.807) is 17.0 Å². The fourth-order valence-electron chi connectivity index (χ4n) is 3.41. The Morgan fingerprint density at radius 2 is 2.19 bits per heavy atom. The highest BCUT2D eigenvalue weighted by Gasteiger charge is 2.32. The SMILES string of the molecule is O=C(Cn1ncnn1)N1CCN(c2ccc(N3C[C@H](CNO)OC3=O)cc2F)CCO1. The first-order valence-corrected chi connectivity index (χ1v) is 9.59. The van der Waals surface area contributed by atoms with Crippen molar-refractivity contribution in [3.63, 3.8) is 0 Å². The molecule has 0 aliphatic carbocycles. The Morgan fingerprint density at radius 1 is 1.32 bits per heavy atom. The minimum Gasteiger partial charge on any atom is -0.442 e. The van der Waals surface area contributed by atoms with E-state index in [9.17, 15) is 14.0 Å². The molecule has 3 heterocycles. The van der Waals surface area contributed by atoms with Crippen LogP contribution in [0.5, 0.6) is 0 Å². The van der Waals surface area contributed by atoms with Crippen molar-refractivity contribution in [3.05, 3.63) is 30.3 Å². The van der Waals surface area contributed by atoms with E-state index >= 15 is 0 Å². The van der Waals surface area contributed by atoms with Crippen molar-refractivity contribution in [1.82, 2.24) is 30.8 Å². The minimum atomic E-state index is -0.605. The number of anilines is 2. The number of hydrogen-bond acceptors (Lipinski definition) is 10. The largest absolute Gasteiger partial charge is 0.442 e. The van der Waals surface area contributed by atoms with Crippen molar-refractivity contribution in [1.29, 1.82) is 0 Å². The Labute approximate surface area is 175 Å². The van der Waals surface area contributed by atoms with Gasteiger partial charge in [-0.05, 0) is 23.4 Å².